The van der Waals surface area contributed by atoms with E-state index in [2.05, 4.69) is 23.1 Å². The summed E-state index contributed by atoms with van der Waals surface area (Å²) in [7, 11) is 0. The minimum atomic E-state index is -0.271. The topological polar surface area (TPSA) is 43.8 Å². The van der Waals surface area contributed by atoms with E-state index in [4.69, 9.17) is 0 Å². The molecule has 2 unspecified atom stereocenters. The van der Waals surface area contributed by atoms with Crippen LogP contribution in [0.15, 0.2) is 24.3 Å². The highest BCUT2D eigenvalue weighted by molar-refractivity contribution is 5.78. The zero-order valence-corrected chi connectivity index (χ0v) is 12.7. The highest BCUT2D eigenvalue weighted by atomic mass is 16.3. The third kappa shape index (κ3) is 3.27. The van der Waals surface area contributed by atoms with Crippen LogP contribution in [-0.4, -0.2) is 53.1 Å². The van der Waals surface area contributed by atoms with Gasteiger partial charge in [0.15, 0.2) is 0 Å². The van der Waals surface area contributed by atoms with Crippen LogP contribution in [0.5, 0.6) is 0 Å². The fraction of sp³-hybridized carbons (Fsp3) is 0.588. The predicted molar refractivity (Wildman–Crippen MR) is 81.8 cm³/mol. The smallest absolute Gasteiger partial charge is 0.237 e. The number of aliphatic hydroxyl groups is 1. The van der Waals surface area contributed by atoms with E-state index in [9.17, 15) is 9.90 Å². The summed E-state index contributed by atoms with van der Waals surface area (Å²) in [5.41, 5.74) is 2.65. The van der Waals surface area contributed by atoms with Crippen molar-refractivity contribution < 1.29 is 9.90 Å². The lowest BCUT2D eigenvalue weighted by atomic mass is 10.00. The Balaban J connectivity index is 1.55. The lowest BCUT2D eigenvalue weighted by Crippen LogP contribution is -2.42. The summed E-state index contributed by atoms with van der Waals surface area (Å²) in [5, 5.41) is 9.64. The van der Waals surface area contributed by atoms with Gasteiger partial charge in [0.2, 0.25) is 5.91 Å². The minimum Gasteiger partial charge on any atom is -0.393 e. The van der Waals surface area contributed by atoms with Crippen molar-refractivity contribution in [2.24, 2.45) is 5.92 Å². The number of nitrogens with zero attached hydrogens (tertiary/aromatic N) is 2. The van der Waals surface area contributed by atoms with E-state index in [1.807, 2.05) is 17.9 Å². The lowest BCUT2D eigenvalue weighted by Gasteiger charge is -2.30. The molecular weight excluding hydrogens is 264 g/mol. The monoisotopic (exact) mass is 288 g/mol. The molecule has 1 amide bonds. The number of fused-ring (bicyclic) bond motifs is 1. The van der Waals surface area contributed by atoms with Gasteiger partial charge >= 0.3 is 0 Å². The maximum atomic E-state index is 12.5. The van der Waals surface area contributed by atoms with E-state index in [0.717, 1.165) is 39.0 Å². The van der Waals surface area contributed by atoms with Crippen LogP contribution < -0.4 is 0 Å². The number of amides is 1. The van der Waals surface area contributed by atoms with Gasteiger partial charge in [-0.25, -0.2) is 0 Å². The highest BCUT2D eigenvalue weighted by Gasteiger charge is 2.29. The highest BCUT2D eigenvalue weighted by Crippen LogP contribution is 2.21. The van der Waals surface area contributed by atoms with Crippen molar-refractivity contribution in [3.05, 3.63) is 35.4 Å². The van der Waals surface area contributed by atoms with Crippen LogP contribution in [0, 0.1) is 5.92 Å². The van der Waals surface area contributed by atoms with Gasteiger partial charge in [0.1, 0.15) is 0 Å². The summed E-state index contributed by atoms with van der Waals surface area (Å²) in [5.74, 6) is 0.538. The van der Waals surface area contributed by atoms with Crippen molar-refractivity contribution in [2.75, 3.05) is 26.2 Å². The number of carbonyl (C=O) groups is 1. The second-order valence-electron chi connectivity index (χ2n) is 6.36. The Labute approximate surface area is 126 Å². The van der Waals surface area contributed by atoms with Crippen LogP contribution in [-0.2, 0) is 17.8 Å². The van der Waals surface area contributed by atoms with Crippen molar-refractivity contribution in [1.82, 2.24) is 9.80 Å². The standard InChI is InChI=1S/C17H24N2O2/c1-13(20)15-6-8-18(10-15)12-17(21)19-9-7-14-4-2-3-5-16(14)11-19/h2-5,13,15,20H,6-12H2,1H3. The molecule has 3 rings (SSSR count). The first-order valence-electron chi connectivity index (χ1n) is 7.88. The quantitative estimate of drug-likeness (QED) is 0.911. The first kappa shape index (κ1) is 14.5. The molecule has 0 spiro atoms. The second-order valence-corrected chi connectivity index (χ2v) is 6.36. The van der Waals surface area contributed by atoms with E-state index in [1.54, 1.807) is 0 Å². The average Bonchev–Trinajstić information content (AvgIpc) is 2.95. The Hall–Kier alpha value is -1.39. The van der Waals surface area contributed by atoms with E-state index in [1.165, 1.54) is 11.1 Å². The molecule has 114 valence electrons. The number of likely N-dealkylation sites (tertiary alicyclic amines) is 1. The number of hydrogen-bond acceptors (Lipinski definition) is 3. The lowest BCUT2D eigenvalue weighted by molar-refractivity contribution is -0.133. The molecular formula is C17H24N2O2. The van der Waals surface area contributed by atoms with Gasteiger partial charge in [-0.3, -0.25) is 9.69 Å². The maximum absolute atomic E-state index is 12.5. The molecule has 1 aromatic carbocycles. The molecule has 1 saturated heterocycles. The van der Waals surface area contributed by atoms with Crippen molar-refractivity contribution in [3.8, 4) is 0 Å². The summed E-state index contributed by atoms with van der Waals surface area (Å²) < 4.78 is 0. The zero-order chi connectivity index (χ0) is 14.8. The summed E-state index contributed by atoms with van der Waals surface area (Å²) in [4.78, 5) is 16.6. The van der Waals surface area contributed by atoms with Gasteiger partial charge in [0.05, 0.1) is 12.6 Å². The molecule has 2 aliphatic heterocycles. The summed E-state index contributed by atoms with van der Waals surface area (Å²) >= 11 is 0. The summed E-state index contributed by atoms with van der Waals surface area (Å²) in [6, 6.07) is 8.39. The summed E-state index contributed by atoms with van der Waals surface area (Å²) in [6.45, 7) is 5.66. The van der Waals surface area contributed by atoms with Gasteiger partial charge in [-0.05, 0) is 43.4 Å². The van der Waals surface area contributed by atoms with Crippen molar-refractivity contribution in [2.45, 2.75) is 32.4 Å². The molecule has 1 fully saturated rings. The Morgan fingerprint density at radius 2 is 2.10 bits per heavy atom. The summed E-state index contributed by atoms with van der Waals surface area (Å²) in [6.07, 6.45) is 1.68. The van der Waals surface area contributed by atoms with Gasteiger partial charge in [0.25, 0.3) is 0 Å². The number of aliphatic hydroxyl groups excluding tert-OH is 1. The number of hydrogen-bond donors (Lipinski definition) is 1. The molecule has 0 bridgehead atoms. The predicted octanol–water partition coefficient (Wildman–Crippen LogP) is 1.27. The van der Waals surface area contributed by atoms with E-state index >= 15 is 0 Å². The van der Waals surface area contributed by atoms with Gasteiger partial charge in [-0.15, -0.1) is 0 Å². The maximum Gasteiger partial charge on any atom is 0.237 e. The van der Waals surface area contributed by atoms with Gasteiger partial charge < -0.3 is 10.0 Å². The second kappa shape index (κ2) is 6.16. The Morgan fingerprint density at radius 1 is 1.33 bits per heavy atom. The molecule has 2 aliphatic rings. The van der Waals surface area contributed by atoms with E-state index in [0.29, 0.717) is 12.5 Å². The molecule has 21 heavy (non-hydrogen) atoms. The van der Waals surface area contributed by atoms with Gasteiger partial charge in [0, 0.05) is 19.6 Å². The Morgan fingerprint density at radius 3 is 2.81 bits per heavy atom. The van der Waals surface area contributed by atoms with Gasteiger partial charge in [-0.1, -0.05) is 24.3 Å². The largest absolute Gasteiger partial charge is 0.393 e. The molecule has 4 nitrogen and oxygen atoms in total. The number of rotatable bonds is 3. The third-order valence-corrected chi connectivity index (χ3v) is 4.83. The van der Waals surface area contributed by atoms with Crippen LogP contribution in [0.4, 0.5) is 0 Å². The van der Waals surface area contributed by atoms with Crippen LogP contribution in [0.25, 0.3) is 0 Å². The molecule has 0 saturated carbocycles. The zero-order valence-electron chi connectivity index (χ0n) is 12.7. The fourth-order valence-electron chi connectivity index (χ4n) is 3.40. The molecule has 0 radical (unpaired) electrons. The average molecular weight is 288 g/mol. The Bertz CT molecular complexity index is 515. The molecule has 1 N–H and O–H groups in total. The molecule has 4 heteroatoms. The normalized spacial score (nSPS) is 23.9. The van der Waals surface area contributed by atoms with Crippen molar-refractivity contribution in [1.29, 1.82) is 0 Å². The molecule has 2 atom stereocenters. The van der Waals surface area contributed by atoms with Crippen LogP contribution in [0.2, 0.25) is 0 Å². The third-order valence-electron chi connectivity index (χ3n) is 4.83. The van der Waals surface area contributed by atoms with Crippen molar-refractivity contribution >= 4 is 5.91 Å². The fourth-order valence-corrected chi connectivity index (χ4v) is 3.40. The van der Waals surface area contributed by atoms with Crippen LogP contribution >= 0.6 is 0 Å². The van der Waals surface area contributed by atoms with Gasteiger partial charge in [-0.2, -0.15) is 0 Å². The molecule has 2 heterocycles. The minimum absolute atomic E-state index is 0.218. The molecule has 1 aromatic rings. The number of benzene rings is 1. The Kier molecular flexibility index (Phi) is 4.27. The van der Waals surface area contributed by atoms with E-state index in [-0.39, 0.29) is 12.0 Å². The van der Waals surface area contributed by atoms with Crippen LogP contribution in [0.1, 0.15) is 24.5 Å². The first-order chi connectivity index (χ1) is 10.1. The first-order valence-corrected chi connectivity index (χ1v) is 7.88. The molecule has 0 aromatic heterocycles. The van der Waals surface area contributed by atoms with Crippen molar-refractivity contribution in [3.63, 3.8) is 0 Å². The SMILES string of the molecule is CC(O)C1CCN(CC(=O)N2CCc3ccccc3C2)C1. The number of carbonyl (C=O) groups excluding carboxylic acids is 1. The van der Waals surface area contributed by atoms with Crippen LogP contribution in [0.3, 0.4) is 0 Å². The molecule has 0 aliphatic carbocycles. The van der Waals surface area contributed by atoms with E-state index < -0.39 is 0 Å².